The Balaban J connectivity index is 1.45. The number of nitrogens with zero attached hydrogens (tertiary/aromatic N) is 1. The number of hydrogen-bond acceptors (Lipinski definition) is 4. The molecule has 6 heteroatoms. The number of aromatic nitrogens is 1. The number of allylic oxidation sites excluding steroid dienone is 1. The van der Waals surface area contributed by atoms with Crippen molar-refractivity contribution in [3.63, 3.8) is 0 Å². The molecule has 0 saturated carbocycles. The Kier molecular flexibility index (Phi) is 10.2. The van der Waals surface area contributed by atoms with Gasteiger partial charge >= 0.3 is 6.09 Å². The molecule has 41 heavy (non-hydrogen) atoms. The third-order valence-corrected chi connectivity index (χ3v) is 7.93. The van der Waals surface area contributed by atoms with Crippen LogP contribution < -0.4 is 10.6 Å². The van der Waals surface area contributed by atoms with Gasteiger partial charge in [0.1, 0.15) is 5.60 Å². The predicted octanol–water partition coefficient (Wildman–Crippen LogP) is 8.97. The molecule has 4 rings (SSSR count). The second kappa shape index (κ2) is 13.6. The minimum Gasteiger partial charge on any atom is -0.452 e. The van der Waals surface area contributed by atoms with Gasteiger partial charge in [0.15, 0.2) is 0 Å². The molecule has 1 saturated heterocycles. The van der Waals surface area contributed by atoms with Crippen LogP contribution in [0.2, 0.25) is 0 Å². The van der Waals surface area contributed by atoms with E-state index in [1.807, 2.05) is 39.0 Å². The molecule has 3 N–H and O–H groups in total. The fraction of sp³-hybridized carbons (Fsp3) is 0.486. The highest BCUT2D eigenvalue weighted by atomic mass is 16.6. The topological polar surface area (TPSA) is 69.4 Å². The summed E-state index contributed by atoms with van der Waals surface area (Å²) < 4.78 is 5.39. The van der Waals surface area contributed by atoms with Crippen LogP contribution in [0, 0.1) is 12.5 Å². The Morgan fingerprint density at radius 1 is 1.17 bits per heavy atom. The maximum Gasteiger partial charge on any atom is 0.412 e. The summed E-state index contributed by atoms with van der Waals surface area (Å²) in [5.41, 5.74) is 5.72. The lowest BCUT2D eigenvalue weighted by Gasteiger charge is -2.41. The molecular formula is C35H49N4O2-. The van der Waals surface area contributed by atoms with Gasteiger partial charge in [0.05, 0.1) is 0 Å². The summed E-state index contributed by atoms with van der Waals surface area (Å²) in [6.07, 6.45) is 7.98. The Bertz CT molecular complexity index is 1320. The van der Waals surface area contributed by atoms with Gasteiger partial charge in [0.25, 0.3) is 0 Å². The zero-order chi connectivity index (χ0) is 29.6. The molecule has 3 unspecified atom stereocenters. The molecule has 1 amide bonds. The van der Waals surface area contributed by atoms with E-state index in [0.29, 0.717) is 17.8 Å². The van der Waals surface area contributed by atoms with Gasteiger partial charge in [-0.2, -0.15) is 6.42 Å². The first kappa shape index (κ1) is 30.7. The third-order valence-electron chi connectivity index (χ3n) is 7.93. The Hall–Kier alpha value is -3.25. The van der Waals surface area contributed by atoms with E-state index in [1.54, 1.807) is 0 Å². The van der Waals surface area contributed by atoms with Crippen molar-refractivity contribution in [2.24, 2.45) is 5.92 Å². The van der Waals surface area contributed by atoms with Crippen LogP contribution in [0.25, 0.3) is 27.9 Å². The van der Waals surface area contributed by atoms with Crippen molar-refractivity contribution in [1.29, 1.82) is 0 Å². The van der Waals surface area contributed by atoms with Crippen LogP contribution in [-0.2, 0) is 4.74 Å². The van der Waals surface area contributed by atoms with Gasteiger partial charge in [0.2, 0.25) is 0 Å². The fourth-order valence-corrected chi connectivity index (χ4v) is 6.11. The van der Waals surface area contributed by atoms with Crippen LogP contribution in [0.1, 0.15) is 86.1 Å². The van der Waals surface area contributed by atoms with Crippen molar-refractivity contribution in [2.45, 2.75) is 98.3 Å². The van der Waals surface area contributed by atoms with E-state index in [2.05, 4.69) is 91.2 Å². The number of hydrogen-bond donors (Lipinski definition) is 3. The van der Waals surface area contributed by atoms with Crippen molar-refractivity contribution in [3.8, 4) is 11.3 Å². The second-order valence-electron chi connectivity index (χ2n) is 12.3. The summed E-state index contributed by atoms with van der Waals surface area (Å²) in [5, 5.41) is 7.75. The standard InChI is InChI=1S/C35H49N4O2/c1-8-11-12-27-19-21-39(20-9-2)33(27)24(4)36-30(10-3)25-13-15-26(16-14-25)32-23-28-22-29(17-18-31(28)38-32)37-34(40)41-35(5,6)7/h10,13-18,20,22-24,27,33,36,38H,8-9,11-12,19,21H2,1-7H3,(H,37,40)/q-1/b30-10-. The summed E-state index contributed by atoms with van der Waals surface area (Å²) in [7, 11) is 0. The molecule has 222 valence electrons. The van der Waals surface area contributed by atoms with E-state index >= 15 is 0 Å². The van der Waals surface area contributed by atoms with Crippen molar-refractivity contribution in [2.75, 3.05) is 11.9 Å². The maximum absolute atomic E-state index is 12.2. The molecule has 2 heterocycles. The number of carbonyl (C=O) groups is 1. The van der Waals surface area contributed by atoms with E-state index in [0.717, 1.165) is 34.5 Å². The fourth-order valence-electron chi connectivity index (χ4n) is 6.11. The normalized spacial score (nSPS) is 19.0. The molecule has 0 spiro atoms. The number of H-pyrrole nitrogens is 1. The molecular weight excluding hydrogens is 508 g/mol. The highest BCUT2D eigenvalue weighted by Crippen LogP contribution is 2.33. The minimum absolute atomic E-state index is 0.352. The first-order chi connectivity index (χ1) is 19.6. The average molecular weight is 558 g/mol. The zero-order valence-electron chi connectivity index (χ0n) is 26.0. The summed E-state index contributed by atoms with van der Waals surface area (Å²) in [5.74, 6) is 0.739. The number of nitrogens with one attached hydrogen (secondary N) is 3. The molecule has 0 bridgehead atoms. The smallest absolute Gasteiger partial charge is 0.412 e. The largest absolute Gasteiger partial charge is 0.452 e. The van der Waals surface area contributed by atoms with E-state index in [9.17, 15) is 4.79 Å². The van der Waals surface area contributed by atoms with Crippen molar-refractivity contribution < 1.29 is 9.53 Å². The van der Waals surface area contributed by atoms with Crippen LogP contribution >= 0.6 is 0 Å². The molecule has 0 aliphatic carbocycles. The Morgan fingerprint density at radius 3 is 2.59 bits per heavy atom. The number of rotatable bonds is 11. The number of fused-ring (bicyclic) bond motifs is 1. The minimum atomic E-state index is -0.538. The summed E-state index contributed by atoms with van der Waals surface area (Å²) in [4.78, 5) is 18.3. The lowest BCUT2D eigenvalue weighted by Crippen LogP contribution is -2.46. The Morgan fingerprint density at radius 2 is 1.93 bits per heavy atom. The molecule has 6 nitrogen and oxygen atoms in total. The summed E-state index contributed by atoms with van der Waals surface area (Å²) >= 11 is 0. The number of anilines is 1. The highest BCUT2D eigenvalue weighted by molar-refractivity contribution is 5.92. The molecule has 1 fully saturated rings. The van der Waals surface area contributed by atoms with Crippen LogP contribution in [0.5, 0.6) is 0 Å². The van der Waals surface area contributed by atoms with Gasteiger partial charge < -0.3 is 19.9 Å². The van der Waals surface area contributed by atoms with Crippen LogP contribution in [0.4, 0.5) is 10.5 Å². The first-order valence-electron chi connectivity index (χ1n) is 15.4. The van der Waals surface area contributed by atoms with Crippen molar-refractivity contribution in [3.05, 3.63) is 66.7 Å². The summed E-state index contributed by atoms with van der Waals surface area (Å²) in [6.45, 7) is 18.1. The molecule has 2 aromatic carbocycles. The zero-order valence-corrected chi connectivity index (χ0v) is 26.0. The molecule has 3 atom stereocenters. The van der Waals surface area contributed by atoms with Crippen LogP contribution in [-0.4, -0.2) is 40.2 Å². The maximum atomic E-state index is 12.2. The van der Waals surface area contributed by atoms with Gasteiger partial charge in [-0.15, -0.1) is 0 Å². The molecule has 0 radical (unpaired) electrons. The van der Waals surface area contributed by atoms with E-state index in [1.165, 1.54) is 43.5 Å². The van der Waals surface area contributed by atoms with Crippen molar-refractivity contribution >= 4 is 28.4 Å². The average Bonchev–Trinajstić information content (AvgIpc) is 3.53. The van der Waals surface area contributed by atoms with E-state index < -0.39 is 11.7 Å². The number of aromatic amines is 1. The molecule has 1 aliphatic rings. The van der Waals surface area contributed by atoms with Gasteiger partial charge in [-0.1, -0.05) is 57.0 Å². The quantitative estimate of drug-likeness (QED) is 0.206. The number of likely N-dealkylation sites (tertiary alicyclic amines) is 1. The van der Waals surface area contributed by atoms with Crippen LogP contribution in [0.3, 0.4) is 0 Å². The number of ether oxygens (including phenoxy) is 1. The monoisotopic (exact) mass is 557 g/mol. The van der Waals surface area contributed by atoms with Gasteiger partial charge in [-0.25, -0.2) is 4.79 Å². The lowest BCUT2D eigenvalue weighted by atomic mass is 9.89. The summed E-state index contributed by atoms with van der Waals surface area (Å²) in [6, 6.07) is 17.6. The number of amides is 1. The third kappa shape index (κ3) is 7.94. The van der Waals surface area contributed by atoms with Crippen molar-refractivity contribution in [1.82, 2.24) is 15.2 Å². The van der Waals surface area contributed by atoms with Gasteiger partial charge in [-0.3, -0.25) is 11.9 Å². The van der Waals surface area contributed by atoms with Crippen LogP contribution in [0.15, 0.2) is 54.6 Å². The number of carbonyl (C=O) groups excluding carboxylic acids is 1. The second-order valence-corrected chi connectivity index (χ2v) is 12.3. The first-order valence-corrected chi connectivity index (χ1v) is 15.4. The SMILES string of the molecule is C/C=C(\NC(C)C1C(CCCC)CCN1[CH-]CC)c1ccc(-c2cc3cc(NC(=O)OC(C)(C)C)ccc3[nH]2)cc1. The van der Waals surface area contributed by atoms with E-state index in [4.69, 9.17) is 4.74 Å². The molecule has 1 aliphatic heterocycles. The number of unbranched alkanes of at least 4 members (excludes halogenated alkanes) is 1. The van der Waals surface area contributed by atoms with E-state index in [-0.39, 0.29) is 0 Å². The lowest BCUT2D eigenvalue weighted by molar-refractivity contribution is 0.0636. The van der Waals surface area contributed by atoms with Gasteiger partial charge in [-0.05, 0) is 95.3 Å². The molecule has 1 aromatic heterocycles. The predicted molar refractivity (Wildman–Crippen MR) is 173 cm³/mol. The number of benzene rings is 2. The highest BCUT2D eigenvalue weighted by Gasteiger charge is 2.33. The molecule has 3 aromatic rings. The van der Waals surface area contributed by atoms with Gasteiger partial charge in [0, 0.05) is 40.1 Å². The Labute approximate surface area is 246 Å².